The predicted octanol–water partition coefficient (Wildman–Crippen LogP) is 5.18. The molecule has 3 heteroatoms. The monoisotopic (exact) mass is 279 g/mol. The van der Waals surface area contributed by atoms with Crippen molar-refractivity contribution in [3.63, 3.8) is 0 Å². The average molecular weight is 280 g/mol. The lowest BCUT2D eigenvalue weighted by Gasteiger charge is -2.07. The number of hydrogen-bond donors (Lipinski definition) is 1. The summed E-state index contributed by atoms with van der Waals surface area (Å²) >= 11 is 7.94. The van der Waals surface area contributed by atoms with Crippen molar-refractivity contribution in [2.24, 2.45) is 5.73 Å². The van der Waals surface area contributed by atoms with E-state index < -0.39 is 0 Å². The first-order chi connectivity index (χ1) is 8.63. The molecule has 18 heavy (non-hydrogen) atoms. The molecule has 0 spiro atoms. The lowest BCUT2D eigenvalue weighted by atomic mass is 10.1. The van der Waals surface area contributed by atoms with E-state index in [1.807, 2.05) is 12.1 Å². The van der Waals surface area contributed by atoms with Crippen molar-refractivity contribution in [3.8, 4) is 10.4 Å². The van der Waals surface area contributed by atoms with Crippen LogP contribution in [0.5, 0.6) is 0 Å². The van der Waals surface area contributed by atoms with Gasteiger partial charge in [0, 0.05) is 20.8 Å². The minimum absolute atomic E-state index is 0.160. The molecule has 0 saturated heterocycles. The molecule has 96 valence electrons. The van der Waals surface area contributed by atoms with Crippen molar-refractivity contribution in [3.05, 3.63) is 45.8 Å². The molecule has 0 amide bonds. The molecule has 2 rings (SSSR count). The normalized spacial score (nSPS) is 12.7. The molecule has 0 aliphatic carbocycles. The maximum Gasteiger partial charge on any atom is 0.0441 e. The molecule has 0 aliphatic heterocycles. The van der Waals surface area contributed by atoms with Crippen LogP contribution in [0.25, 0.3) is 10.4 Å². The average Bonchev–Trinajstić information content (AvgIpc) is 2.82. The lowest BCUT2D eigenvalue weighted by molar-refractivity contribution is 0.648. The summed E-state index contributed by atoms with van der Waals surface area (Å²) in [6.07, 6.45) is 2.15. The molecule has 0 fully saturated rings. The molecule has 2 N–H and O–H groups in total. The van der Waals surface area contributed by atoms with Crippen molar-refractivity contribution >= 4 is 22.9 Å². The zero-order chi connectivity index (χ0) is 13.1. The van der Waals surface area contributed by atoms with E-state index in [1.165, 1.54) is 15.3 Å². The second kappa shape index (κ2) is 5.87. The van der Waals surface area contributed by atoms with Gasteiger partial charge in [-0.2, -0.15) is 0 Å². The van der Waals surface area contributed by atoms with Gasteiger partial charge in [0.15, 0.2) is 0 Å². The van der Waals surface area contributed by atoms with Gasteiger partial charge >= 0.3 is 0 Å². The lowest BCUT2D eigenvalue weighted by Crippen LogP contribution is -2.07. The van der Waals surface area contributed by atoms with Gasteiger partial charge < -0.3 is 5.73 Å². The fourth-order valence-electron chi connectivity index (χ4n) is 2.02. The summed E-state index contributed by atoms with van der Waals surface area (Å²) in [5, 5.41) is 0.820. The highest BCUT2D eigenvalue weighted by Gasteiger charge is 2.11. The van der Waals surface area contributed by atoms with Gasteiger partial charge in [-0.1, -0.05) is 37.1 Å². The third kappa shape index (κ3) is 2.77. The zero-order valence-electron chi connectivity index (χ0n) is 10.7. The van der Waals surface area contributed by atoms with Crippen LogP contribution in [-0.4, -0.2) is 0 Å². The Bertz CT molecular complexity index is 533. The van der Waals surface area contributed by atoms with Crippen molar-refractivity contribution in [1.82, 2.24) is 0 Å². The quantitative estimate of drug-likeness (QED) is 0.820. The van der Waals surface area contributed by atoms with Gasteiger partial charge in [-0.05, 0) is 42.7 Å². The summed E-state index contributed by atoms with van der Waals surface area (Å²) in [6, 6.07) is 10.5. The highest BCUT2D eigenvalue weighted by Crippen LogP contribution is 2.35. The summed E-state index contributed by atoms with van der Waals surface area (Å²) in [7, 11) is 0. The number of rotatable bonds is 4. The number of thiophene rings is 1. The first-order valence-corrected chi connectivity index (χ1v) is 7.43. The maximum atomic E-state index is 6.16. The molecule has 1 heterocycles. The van der Waals surface area contributed by atoms with Gasteiger partial charge in [0.05, 0.1) is 0 Å². The summed E-state index contributed by atoms with van der Waals surface area (Å²) in [6.45, 7) is 4.22. The largest absolute Gasteiger partial charge is 0.323 e. The van der Waals surface area contributed by atoms with Crippen LogP contribution in [0.2, 0.25) is 5.02 Å². The number of hydrogen-bond acceptors (Lipinski definition) is 2. The van der Waals surface area contributed by atoms with Gasteiger partial charge in [-0.3, -0.25) is 0 Å². The SMILES string of the molecule is CCCC(N)c1ccc(-c2cccc(Cl)c2C)s1. The van der Waals surface area contributed by atoms with Crippen LogP contribution in [0.15, 0.2) is 30.3 Å². The Morgan fingerprint density at radius 3 is 2.78 bits per heavy atom. The minimum atomic E-state index is 0.160. The molecule has 0 aliphatic rings. The standard InChI is InChI=1S/C15H18ClNS/c1-3-5-13(17)15-9-8-14(18-15)11-6-4-7-12(16)10(11)2/h4,6-9,13H,3,5,17H2,1-2H3. The minimum Gasteiger partial charge on any atom is -0.323 e. The van der Waals surface area contributed by atoms with Crippen molar-refractivity contribution < 1.29 is 0 Å². The second-order valence-electron chi connectivity index (χ2n) is 4.51. The first kappa shape index (κ1) is 13.6. The van der Waals surface area contributed by atoms with E-state index in [4.69, 9.17) is 17.3 Å². The van der Waals surface area contributed by atoms with E-state index in [9.17, 15) is 0 Å². The topological polar surface area (TPSA) is 26.0 Å². The smallest absolute Gasteiger partial charge is 0.0441 e. The van der Waals surface area contributed by atoms with Crippen molar-refractivity contribution in [2.45, 2.75) is 32.7 Å². The number of halogens is 1. The highest BCUT2D eigenvalue weighted by atomic mass is 35.5. The van der Waals surface area contributed by atoms with Crippen LogP contribution in [0.1, 0.15) is 36.2 Å². The first-order valence-electron chi connectivity index (χ1n) is 6.24. The van der Waals surface area contributed by atoms with E-state index >= 15 is 0 Å². The molecule has 1 unspecified atom stereocenters. The second-order valence-corrected chi connectivity index (χ2v) is 6.03. The Balaban J connectivity index is 2.32. The Labute approximate surface area is 118 Å². The Morgan fingerprint density at radius 2 is 2.06 bits per heavy atom. The van der Waals surface area contributed by atoms with Gasteiger partial charge in [-0.25, -0.2) is 0 Å². The third-order valence-corrected chi connectivity index (χ3v) is 4.78. The number of benzene rings is 1. The maximum absolute atomic E-state index is 6.16. The van der Waals surface area contributed by atoms with E-state index in [-0.39, 0.29) is 6.04 Å². The van der Waals surface area contributed by atoms with Gasteiger partial charge in [0.25, 0.3) is 0 Å². The fraction of sp³-hybridized carbons (Fsp3) is 0.333. The van der Waals surface area contributed by atoms with Crippen LogP contribution >= 0.6 is 22.9 Å². The van der Waals surface area contributed by atoms with Gasteiger partial charge in [0.1, 0.15) is 0 Å². The Hall–Kier alpha value is -0.830. The molecule has 1 atom stereocenters. The van der Waals surface area contributed by atoms with Gasteiger partial charge in [-0.15, -0.1) is 11.3 Å². The van der Waals surface area contributed by atoms with E-state index in [0.29, 0.717) is 0 Å². The highest BCUT2D eigenvalue weighted by molar-refractivity contribution is 7.15. The molecule has 0 bridgehead atoms. The predicted molar refractivity (Wildman–Crippen MR) is 81.3 cm³/mol. The zero-order valence-corrected chi connectivity index (χ0v) is 12.3. The Morgan fingerprint density at radius 1 is 1.28 bits per heavy atom. The van der Waals surface area contributed by atoms with Crippen LogP contribution in [-0.2, 0) is 0 Å². The van der Waals surface area contributed by atoms with Crippen LogP contribution in [0.4, 0.5) is 0 Å². The summed E-state index contributed by atoms with van der Waals surface area (Å²) in [4.78, 5) is 2.50. The summed E-state index contributed by atoms with van der Waals surface area (Å²) in [5.41, 5.74) is 8.50. The van der Waals surface area contributed by atoms with Crippen LogP contribution < -0.4 is 5.73 Å². The Kier molecular flexibility index (Phi) is 4.44. The van der Waals surface area contributed by atoms with Crippen LogP contribution in [0, 0.1) is 6.92 Å². The summed E-state index contributed by atoms with van der Waals surface area (Å²) < 4.78 is 0. The van der Waals surface area contributed by atoms with E-state index in [0.717, 1.165) is 23.4 Å². The fourth-order valence-corrected chi connectivity index (χ4v) is 3.33. The van der Waals surface area contributed by atoms with Crippen LogP contribution in [0.3, 0.4) is 0 Å². The van der Waals surface area contributed by atoms with Gasteiger partial charge in [0.2, 0.25) is 0 Å². The summed E-state index contributed by atoms with van der Waals surface area (Å²) in [5.74, 6) is 0. The molecule has 1 nitrogen and oxygen atoms in total. The van der Waals surface area contributed by atoms with Crippen molar-refractivity contribution in [2.75, 3.05) is 0 Å². The van der Waals surface area contributed by atoms with Crippen molar-refractivity contribution in [1.29, 1.82) is 0 Å². The van der Waals surface area contributed by atoms with E-state index in [1.54, 1.807) is 11.3 Å². The molecule has 2 aromatic rings. The molecule has 0 saturated carbocycles. The molecular formula is C15H18ClNS. The number of nitrogens with two attached hydrogens (primary N) is 1. The molecule has 1 aromatic carbocycles. The molecule has 0 radical (unpaired) electrons. The third-order valence-electron chi connectivity index (χ3n) is 3.13. The molecule has 1 aromatic heterocycles. The van der Waals surface area contributed by atoms with E-state index in [2.05, 4.69) is 32.0 Å². The molecular weight excluding hydrogens is 262 g/mol.